The average Bonchev–Trinajstić information content (AvgIpc) is 2.68. The average molecular weight is 518 g/mol. The van der Waals surface area contributed by atoms with Gasteiger partial charge in [0.25, 0.3) is 0 Å². The van der Waals surface area contributed by atoms with Gasteiger partial charge in [-0.15, -0.1) is 24.0 Å². The molecule has 1 amide bonds. The van der Waals surface area contributed by atoms with Crippen molar-refractivity contribution in [3.8, 4) is 0 Å². The maximum Gasteiger partial charge on any atom is 0.221 e. The summed E-state index contributed by atoms with van der Waals surface area (Å²) >= 11 is 0. The molecule has 0 fully saturated rings. The van der Waals surface area contributed by atoms with Crippen molar-refractivity contribution < 1.29 is 4.79 Å². The number of rotatable bonds is 12. The molecule has 0 radical (unpaired) electrons. The Morgan fingerprint density at radius 3 is 2.45 bits per heavy atom. The highest BCUT2D eigenvalue weighted by molar-refractivity contribution is 14.0. The van der Waals surface area contributed by atoms with Crippen LogP contribution in [0.4, 0.5) is 0 Å². The first-order valence-corrected chi connectivity index (χ1v) is 10.5. The molecule has 1 aromatic carbocycles. The van der Waals surface area contributed by atoms with Crippen LogP contribution in [-0.2, 0) is 11.3 Å². The lowest BCUT2D eigenvalue weighted by Gasteiger charge is -2.24. The highest BCUT2D eigenvalue weighted by atomic mass is 127. The largest absolute Gasteiger partial charge is 0.357 e. The molecule has 3 N–H and O–H groups in total. The molecule has 0 saturated carbocycles. The minimum absolute atomic E-state index is 0. The van der Waals surface area contributed by atoms with E-state index in [1.165, 1.54) is 5.56 Å². The quantitative estimate of drug-likeness (QED) is 0.226. The number of aliphatic imine (C=N–C) groups is 1. The second kappa shape index (κ2) is 16.4. The molecule has 0 aliphatic carbocycles. The van der Waals surface area contributed by atoms with Crippen LogP contribution in [0, 0.1) is 0 Å². The fourth-order valence-corrected chi connectivity index (χ4v) is 2.70. The van der Waals surface area contributed by atoms with E-state index in [0.717, 1.165) is 38.4 Å². The molecule has 2 unspecified atom stereocenters. The first kappa shape index (κ1) is 27.6. The van der Waals surface area contributed by atoms with E-state index in [9.17, 15) is 4.79 Å². The number of nitrogens with one attached hydrogen (secondary N) is 3. The van der Waals surface area contributed by atoms with Crippen LogP contribution < -0.4 is 16.0 Å². The normalized spacial score (nSPS) is 13.4. The fraction of sp³-hybridized carbons (Fsp3) is 0.636. The molecule has 0 aromatic heterocycles. The number of nitrogens with zero attached hydrogens (tertiary/aromatic N) is 2. The number of benzene rings is 1. The van der Waals surface area contributed by atoms with E-state index < -0.39 is 0 Å². The van der Waals surface area contributed by atoms with Crippen molar-refractivity contribution in [3.05, 3.63) is 35.9 Å². The molecule has 0 spiro atoms. The van der Waals surface area contributed by atoms with Crippen molar-refractivity contribution in [1.29, 1.82) is 0 Å². The molecule has 0 aliphatic rings. The Bertz CT molecular complexity index is 582. The molecular formula is C22H40IN5O. The number of guanidine groups is 1. The lowest BCUT2D eigenvalue weighted by Crippen LogP contribution is -2.40. The number of hydrogen-bond donors (Lipinski definition) is 3. The highest BCUT2D eigenvalue weighted by Crippen LogP contribution is 2.08. The lowest BCUT2D eigenvalue weighted by molar-refractivity contribution is -0.121. The summed E-state index contributed by atoms with van der Waals surface area (Å²) in [5.41, 5.74) is 1.33. The SMILES string of the molecule is CCNC(=NCCC(C)N(C)Cc1ccccc1)NCCC(=O)NC(C)CC.I. The van der Waals surface area contributed by atoms with Crippen molar-refractivity contribution in [3.63, 3.8) is 0 Å². The van der Waals surface area contributed by atoms with Crippen molar-refractivity contribution in [2.75, 3.05) is 26.7 Å². The van der Waals surface area contributed by atoms with Gasteiger partial charge in [0.05, 0.1) is 0 Å². The van der Waals surface area contributed by atoms with Gasteiger partial charge in [0.15, 0.2) is 5.96 Å². The number of carbonyl (C=O) groups is 1. The molecule has 0 heterocycles. The van der Waals surface area contributed by atoms with Crippen molar-refractivity contribution in [1.82, 2.24) is 20.9 Å². The lowest BCUT2D eigenvalue weighted by atomic mass is 10.1. The van der Waals surface area contributed by atoms with Crippen LogP contribution in [0.1, 0.15) is 52.5 Å². The van der Waals surface area contributed by atoms with Gasteiger partial charge in [-0.05, 0) is 46.2 Å². The highest BCUT2D eigenvalue weighted by Gasteiger charge is 2.10. The van der Waals surface area contributed by atoms with Crippen molar-refractivity contribution >= 4 is 35.8 Å². The van der Waals surface area contributed by atoms with Crippen molar-refractivity contribution in [2.45, 2.75) is 65.6 Å². The zero-order valence-electron chi connectivity index (χ0n) is 18.7. The second-order valence-electron chi connectivity index (χ2n) is 7.35. The molecule has 29 heavy (non-hydrogen) atoms. The first-order chi connectivity index (χ1) is 13.5. The molecule has 2 atom stereocenters. The molecule has 1 rings (SSSR count). The third-order valence-corrected chi connectivity index (χ3v) is 4.85. The van der Waals surface area contributed by atoms with Gasteiger partial charge in [0, 0.05) is 44.7 Å². The van der Waals surface area contributed by atoms with E-state index >= 15 is 0 Å². The maximum absolute atomic E-state index is 11.9. The maximum atomic E-state index is 11.9. The number of carbonyl (C=O) groups excluding carboxylic acids is 1. The van der Waals surface area contributed by atoms with Gasteiger partial charge in [-0.1, -0.05) is 37.3 Å². The third-order valence-electron chi connectivity index (χ3n) is 4.85. The summed E-state index contributed by atoms with van der Waals surface area (Å²) in [6.45, 7) is 11.4. The number of halogens is 1. The Balaban J connectivity index is 0.00000784. The van der Waals surface area contributed by atoms with Crippen LogP contribution in [0.3, 0.4) is 0 Å². The van der Waals surface area contributed by atoms with E-state index in [0.29, 0.717) is 19.0 Å². The first-order valence-electron chi connectivity index (χ1n) is 10.5. The minimum Gasteiger partial charge on any atom is -0.357 e. The van der Waals surface area contributed by atoms with Crippen molar-refractivity contribution in [2.24, 2.45) is 4.99 Å². The summed E-state index contributed by atoms with van der Waals surface area (Å²) < 4.78 is 0. The van der Waals surface area contributed by atoms with Crippen LogP contribution in [0.5, 0.6) is 0 Å². The molecular weight excluding hydrogens is 477 g/mol. The Kier molecular flexibility index (Phi) is 15.7. The van der Waals surface area contributed by atoms with E-state index in [4.69, 9.17) is 0 Å². The summed E-state index contributed by atoms with van der Waals surface area (Å²) in [6.07, 6.45) is 2.37. The van der Waals surface area contributed by atoms with Gasteiger partial charge in [0.1, 0.15) is 0 Å². The molecule has 1 aromatic rings. The van der Waals surface area contributed by atoms with Gasteiger partial charge >= 0.3 is 0 Å². The van der Waals surface area contributed by atoms with Gasteiger partial charge in [0.2, 0.25) is 5.91 Å². The summed E-state index contributed by atoms with van der Waals surface area (Å²) in [5, 5.41) is 9.48. The Labute approximate surface area is 194 Å². The Morgan fingerprint density at radius 2 is 1.83 bits per heavy atom. The third kappa shape index (κ3) is 12.7. The standard InChI is InChI=1S/C22H39N5O.HI/c1-6-18(3)26-21(28)14-16-25-22(23-7-2)24-15-13-19(4)27(5)17-20-11-9-8-10-12-20;/h8-12,18-19H,6-7,13-17H2,1-5H3,(H,26,28)(H2,23,24,25);1H. The van der Waals surface area contributed by atoms with E-state index in [1.807, 2.05) is 19.9 Å². The minimum atomic E-state index is 0. The van der Waals surface area contributed by atoms with Crippen LogP contribution in [-0.4, -0.2) is 55.5 Å². The molecule has 166 valence electrons. The van der Waals surface area contributed by atoms with Gasteiger partial charge in [-0.2, -0.15) is 0 Å². The van der Waals surface area contributed by atoms with Gasteiger partial charge in [-0.3, -0.25) is 14.7 Å². The predicted octanol–water partition coefficient (Wildman–Crippen LogP) is 3.37. The summed E-state index contributed by atoms with van der Waals surface area (Å²) in [6, 6.07) is 11.2. The van der Waals surface area contributed by atoms with Crippen LogP contribution in [0.25, 0.3) is 0 Å². The van der Waals surface area contributed by atoms with Gasteiger partial charge in [-0.25, -0.2) is 0 Å². The van der Waals surface area contributed by atoms with Gasteiger partial charge < -0.3 is 16.0 Å². The van der Waals surface area contributed by atoms with E-state index in [-0.39, 0.29) is 35.9 Å². The summed E-state index contributed by atoms with van der Waals surface area (Å²) in [7, 11) is 2.15. The zero-order chi connectivity index (χ0) is 20.8. The topological polar surface area (TPSA) is 68.8 Å². The number of amides is 1. The Morgan fingerprint density at radius 1 is 1.14 bits per heavy atom. The zero-order valence-corrected chi connectivity index (χ0v) is 21.0. The van der Waals surface area contributed by atoms with E-state index in [2.05, 4.69) is 71.0 Å². The predicted molar refractivity (Wildman–Crippen MR) is 134 cm³/mol. The molecule has 6 nitrogen and oxygen atoms in total. The second-order valence-corrected chi connectivity index (χ2v) is 7.35. The molecule has 0 saturated heterocycles. The van der Waals surface area contributed by atoms with Crippen LogP contribution >= 0.6 is 24.0 Å². The number of hydrogen-bond acceptors (Lipinski definition) is 3. The van der Waals surface area contributed by atoms with E-state index in [1.54, 1.807) is 0 Å². The monoisotopic (exact) mass is 517 g/mol. The molecule has 0 aliphatic heterocycles. The fourth-order valence-electron chi connectivity index (χ4n) is 2.70. The summed E-state index contributed by atoms with van der Waals surface area (Å²) in [5.74, 6) is 0.852. The van der Waals surface area contributed by atoms with Crippen LogP contribution in [0.2, 0.25) is 0 Å². The smallest absolute Gasteiger partial charge is 0.221 e. The molecule has 0 bridgehead atoms. The van der Waals surface area contributed by atoms with Crippen LogP contribution in [0.15, 0.2) is 35.3 Å². The summed E-state index contributed by atoms with van der Waals surface area (Å²) in [4.78, 5) is 18.9. The Hall–Kier alpha value is -1.35. The molecule has 7 heteroatoms.